The molecular formula is C28H25ClN2O3S. The summed E-state index contributed by atoms with van der Waals surface area (Å²) >= 11 is 6.38. The molecule has 0 bridgehead atoms. The maximum absolute atomic E-state index is 13.6. The number of hydrogen-bond donors (Lipinski definition) is 1. The summed E-state index contributed by atoms with van der Waals surface area (Å²) in [6.07, 6.45) is 0. The number of carbonyl (C=O) groups excluding carboxylic acids is 1. The molecule has 0 radical (unpaired) electrons. The molecule has 0 heterocycles. The van der Waals surface area contributed by atoms with Crippen molar-refractivity contribution in [2.75, 3.05) is 10.8 Å². The number of nitrogens with zero attached hydrogens (tertiary/aromatic N) is 1. The van der Waals surface area contributed by atoms with Crippen LogP contribution < -0.4 is 9.62 Å². The summed E-state index contributed by atoms with van der Waals surface area (Å²) in [5.74, 6) is -0.457. The highest BCUT2D eigenvalue weighted by atomic mass is 35.5. The van der Waals surface area contributed by atoms with Gasteiger partial charge in [-0.25, -0.2) is 8.42 Å². The molecule has 4 rings (SSSR count). The quantitative estimate of drug-likeness (QED) is 0.332. The smallest absolute Gasteiger partial charge is 0.264 e. The molecule has 0 fully saturated rings. The summed E-state index contributed by atoms with van der Waals surface area (Å²) in [4.78, 5) is 13.5. The van der Waals surface area contributed by atoms with Gasteiger partial charge in [0.15, 0.2) is 0 Å². The van der Waals surface area contributed by atoms with Gasteiger partial charge in [0.05, 0.1) is 21.6 Å². The van der Waals surface area contributed by atoms with Gasteiger partial charge in [0.2, 0.25) is 5.91 Å². The van der Waals surface area contributed by atoms with E-state index < -0.39 is 28.5 Å². The molecule has 7 heteroatoms. The predicted octanol–water partition coefficient (Wildman–Crippen LogP) is 5.75. The lowest BCUT2D eigenvalue weighted by molar-refractivity contribution is -0.120. The predicted molar refractivity (Wildman–Crippen MR) is 140 cm³/mol. The van der Waals surface area contributed by atoms with E-state index in [-0.39, 0.29) is 15.6 Å². The van der Waals surface area contributed by atoms with E-state index in [0.29, 0.717) is 0 Å². The third kappa shape index (κ3) is 5.56. The van der Waals surface area contributed by atoms with E-state index in [1.165, 1.54) is 12.1 Å². The van der Waals surface area contributed by atoms with Crippen molar-refractivity contribution in [1.82, 2.24) is 5.32 Å². The Bertz CT molecular complexity index is 1410. The number of sulfonamides is 1. The third-order valence-corrected chi connectivity index (χ3v) is 7.77. The molecule has 1 amide bonds. The van der Waals surface area contributed by atoms with Crippen molar-refractivity contribution in [3.63, 3.8) is 0 Å². The molecule has 0 aliphatic heterocycles. The maximum atomic E-state index is 13.6. The first-order valence-electron chi connectivity index (χ1n) is 11.1. The SMILES string of the molecule is Cc1ccccc1[C@H](NC(=O)CN(c1ccccc1Cl)S(=O)(=O)c1ccccc1)c1ccccc1. The van der Waals surface area contributed by atoms with Crippen molar-refractivity contribution in [3.05, 3.63) is 131 Å². The van der Waals surface area contributed by atoms with E-state index in [0.717, 1.165) is 21.0 Å². The third-order valence-electron chi connectivity index (χ3n) is 5.68. The minimum Gasteiger partial charge on any atom is -0.344 e. The zero-order valence-electron chi connectivity index (χ0n) is 19.1. The van der Waals surface area contributed by atoms with Gasteiger partial charge in [-0.3, -0.25) is 9.10 Å². The number of hydrogen-bond acceptors (Lipinski definition) is 3. The monoisotopic (exact) mass is 504 g/mol. The standard InChI is InChI=1S/C28H25ClN2O3S/c1-21-12-8-9-17-24(21)28(22-13-4-2-5-14-22)30-27(32)20-31(26-19-11-10-18-25(26)29)35(33,34)23-15-6-3-7-16-23/h2-19,28H,20H2,1H3,(H,30,32)/t28-/m1/s1. The molecule has 35 heavy (non-hydrogen) atoms. The molecular weight excluding hydrogens is 480 g/mol. The normalized spacial score (nSPS) is 12.1. The second-order valence-electron chi connectivity index (χ2n) is 8.04. The minimum atomic E-state index is -4.06. The lowest BCUT2D eigenvalue weighted by Crippen LogP contribution is -2.42. The first-order chi connectivity index (χ1) is 16.9. The molecule has 0 spiro atoms. The van der Waals surface area contributed by atoms with Crippen LogP contribution in [0.15, 0.2) is 114 Å². The number of nitrogens with one attached hydrogen (secondary N) is 1. The van der Waals surface area contributed by atoms with Crippen molar-refractivity contribution in [2.45, 2.75) is 17.9 Å². The average Bonchev–Trinajstić information content (AvgIpc) is 2.88. The molecule has 0 aliphatic carbocycles. The zero-order valence-corrected chi connectivity index (χ0v) is 20.7. The Kier molecular flexibility index (Phi) is 7.54. The van der Waals surface area contributed by atoms with Gasteiger partial charge in [-0.1, -0.05) is 96.5 Å². The first kappa shape index (κ1) is 24.5. The van der Waals surface area contributed by atoms with Gasteiger partial charge in [0.25, 0.3) is 10.0 Å². The molecule has 0 unspecified atom stereocenters. The highest BCUT2D eigenvalue weighted by Crippen LogP contribution is 2.31. The van der Waals surface area contributed by atoms with E-state index in [9.17, 15) is 13.2 Å². The molecule has 0 saturated heterocycles. The highest BCUT2D eigenvalue weighted by Gasteiger charge is 2.29. The maximum Gasteiger partial charge on any atom is 0.264 e. The van der Waals surface area contributed by atoms with Crippen LogP contribution in [0.25, 0.3) is 0 Å². The number of rotatable bonds is 8. The summed E-state index contributed by atoms with van der Waals surface area (Å²) in [5.41, 5.74) is 3.08. The second kappa shape index (κ2) is 10.8. The van der Waals surface area contributed by atoms with Crippen molar-refractivity contribution in [3.8, 4) is 0 Å². The Morgan fingerprint density at radius 2 is 1.40 bits per heavy atom. The van der Waals surface area contributed by atoms with Gasteiger partial charge in [-0.2, -0.15) is 0 Å². The molecule has 1 N–H and O–H groups in total. The van der Waals surface area contributed by atoms with Crippen LogP contribution in [0, 0.1) is 6.92 Å². The summed E-state index contributed by atoms with van der Waals surface area (Å²) in [6.45, 7) is 1.55. The summed E-state index contributed by atoms with van der Waals surface area (Å²) in [6, 6.07) is 31.5. The number of halogens is 1. The average molecular weight is 505 g/mol. The topological polar surface area (TPSA) is 66.5 Å². The number of amides is 1. The molecule has 0 saturated carbocycles. The van der Waals surface area contributed by atoms with Crippen LogP contribution in [-0.2, 0) is 14.8 Å². The van der Waals surface area contributed by atoms with Gasteiger partial charge >= 0.3 is 0 Å². The number of aryl methyl sites for hydroxylation is 1. The van der Waals surface area contributed by atoms with Crippen molar-refractivity contribution < 1.29 is 13.2 Å². The Balaban J connectivity index is 1.71. The van der Waals surface area contributed by atoms with Crippen LogP contribution in [0.4, 0.5) is 5.69 Å². The minimum absolute atomic E-state index is 0.0752. The van der Waals surface area contributed by atoms with Crippen LogP contribution in [0.5, 0.6) is 0 Å². The van der Waals surface area contributed by atoms with Gasteiger partial charge < -0.3 is 5.32 Å². The number of anilines is 1. The summed E-state index contributed by atoms with van der Waals surface area (Å²) < 4.78 is 28.2. The van der Waals surface area contributed by atoms with Crippen LogP contribution in [0.2, 0.25) is 5.02 Å². The molecule has 4 aromatic carbocycles. The Morgan fingerprint density at radius 3 is 2.06 bits per heavy atom. The van der Waals surface area contributed by atoms with Crippen LogP contribution >= 0.6 is 11.6 Å². The molecule has 5 nitrogen and oxygen atoms in total. The van der Waals surface area contributed by atoms with E-state index in [2.05, 4.69) is 5.32 Å². The Labute approximate surface area is 211 Å². The molecule has 0 aromatic heterocycles. The fourth-order valence-electron chi connectivity index (χ4n) is 3.91. The van der Waals surface area contributed by atoms with Gasteiger partial charge in [-0.05, 0) is 47.9 Å². The van der Waals surface area contributed by atoms with Crippen molar-refractivity contribution in [2.24, 2.45) is 0 Å². The van der Waals surface area contributed by atoms with Crippen molar-refractivity contribution >= 4 is 33.2 Å². The highest BCUT2D eigenvalue weighted by molar-refractivity contribution is 7.92. The van der Waals surface area contributed by atoms with Crippen LogP contribution in [-0.4, -0.2) is 20.9 Å². The summed E-state index contributed by atoms with van der Waals surface area (Å²) in [7, 11) is -4.06. The van der Waals surface area contributed by atoms with Crippen LogP contribution in [0.1, 0.15) is 22.7 Å². The fraction of sp³-hybridized carbons (Fsp3) is 0.107. The Hall–Kier alpha value is -3.61. The molecule has 1 atom stereocenters. The van der Waals surface area contributed by atoms with Gasteiger partial charge in [-0.15, -0.1) is 0 Å². The van der Waals surface area contributed by atoms with Gasteiger partial charge in [0, 0.05) is 0 Å². The summed E-state index contributed by atoms with van der Waals surface area (Å²) in [5, 5.41) is 3.28. The number of para-hydroxylation sites is 1. The fourth-order valence-corrected chi connectivity index (χ4v) is 5.66. The van der Waals surface area contributed by atoms with E-state index >= 15 is 0 Å². The van der Waals surface area contributed by atoms with E-state index in [1.54, 1.807) is 42.5 Å². The second-order valence-corrected chi connectivity index (χ2v) is 10.3. The van der Waals surface area contributed by atoms with Gasteiger partial charge in [0.1, 0.15) is 6.54 Å². The largest absolute Gasteiger partial charge is 0.344 e. The Morgan fingerprint density at radius 1 is 0.829 bits per heavy atom. The molecule has 178 valence electrons. The van der Waals surface area contributed by atoms with Crippen molar-refractivity contribution in [1.29, 1.82) is 0 Å². The van der Waals surface area contributed by atoms with E-state index in [1.807, 2.05) is 61.5 Å². The van der Waals surface area contributed by atoms with Crippen LogP contribution in [0.3, 0.4) is 0 Å². The van der Waals surface area contributed by atoms with E-state index in [4.69, 9.17) is 11.6 Å². The molecule has 4 aromatic rings. The first-order valence-corrected chi connectivity index (χ1v) is 12.9. The lowest BCUT2D eigenvalue weighted by Gasteiger charge is -2.27. The number of benzene rings is 4. The zero-order chi connectivity index (χ0) is 24.8. The molecule has 0 aliphatic rings. The lowest BCUT2D eigenvalue weighted by atomic mass is 9.95. The number of carbonyl (C=O) groups is 1.